The van der Waals surface area contributed by atoms with Gasteiger partial charge in [0.15, 0.2) is 0 Å². The summed E-state index contributed by atoms with van der Waals surface area (Å²) in [6, 6.07) is 0. The Morgan fingerprint density at radius 3 is 2.62 bits per heavy atom. The van der Waals surface area contributed by atoms with E-state index in [1.807, 2.05) is 19.1 Å². The number of hydrogen-bond acceptors (Lipinski definition) is 1. The third-order valence-electron chi connectivity index (χ3n) is 1.75. The van der Waals surface area contributed by atoms with Crippen molar-refractivity contribution in [2.75, 3.05) is 0 Å². The van der Waals surface area contributed by atoms with Gasteiger partial charge >= 0.3 is 5.97 Å². The van der Waals surface area contributed by atoms with Gasteiger partial charge in [-0.15, -0.1) is 0 Å². The van der Waals surface area contributed by atoms with Crippen molar-refractivity contribution in [2.45, 2.75) is 33.1 Å². The summed E-state index contributed by atoms with van der Waals surface area (Å²) in [7, 11) is 0. The molecule has 0 aromatic heterocycles. The van der Waals surface area contributed by atoms with Gasteiger partial charge in [0.25, 0.3) is 0 Å². The second kappa shape index (κ2) is 7.59. The second-order valence-corrected chi connectivity index (χ2v) is 2.97. The number of allylic oxidation sites excluding steroid dienone is 3. The molecule has 2 heteroatoms. The molecule has 1 N–H and O–H groups in total. The van der Waals surface area contributed by atoms with Gasteiger partial charge in [-0.25, -0.2) is 0 Å². The van der Waals surface area contributed by atoms with Crippen LogP contribution >= 0.6 is 0 Å². The molecule has 0 heterocycles. The highest BCUT2D eigenvalue weighted by Crippen LogP contribution is 2.07. The standard InChI is InChI=1S/C11H18O2/c1-3-5-6-7-9-10(8-4-2)11(12)13/h4,6-8,10H,3,5,9H2,1-2H3,(H,12,13)/b7-6-,8-4+/t10-/m1/s1. The van der Waals surface area contributed by atoms with Crippen molar-refractivity contribution in [1.29, 1.82) is 0 Å². The predicted octanol–water partition coefficient (Wildman–Crippen LogP) is 3.01. The third kappa shape index (κ3) is 6.14. The summed E-state index contributed by atoms with van der Waals surface area (Å²) in [5, 5.41) is 8.78. The third-order valence-corrected chi connectivity index (χ3v) is 1.75. The van der Waals surface area contributed by atoms with Gasteiger partial charge in [0, 0.05) is 0 Å². The molecule has 0 fully saturated rings. The normalized spacial score (nSPS) is 14.0. The monoisotopic (exact) mass is 182 g/mol. The Morgan fingerprint density at radius 1 is 1.46 bits per heavy atom. The largest absolute Gasteiger partial charge is 0.481 e. The molecule has 2 nitrogen and oxygen atoms in total. The lowest BCUT2D eigenvalue weighted by Gasteiger charge is -2.02. The molecule has 0 aromatic carbocycles. The summed E-state index contributed by atoms with van der Waals surface area (Å²) in [6.07, 6.45) is 10.2. The number of carbonyl (C=O) groups is 1. The van der Waals surface area contributed by atoms with E-state index in [1.54, 1.807) is 12.2 Å². The molecule has 0 saturated carbocycles. The number of hydrogen-bond donors (Lipinski definition) is 1. The molecular weight excluding hydrogens is 164 g/mol. The molecule has 0 aliphatic heterocycles. The van der Waals surface area contributed by atoms with E-state index in [2.05, 4.69) is 6.92 Å². The maximum absolute atomic E-state index is 10.7. The van der Waals surface area contributed by atoms with Crippen LogP contribution in [0.2, 0.25) is 0 Å². The van der Waals surface area contributed by atoms with Crippen LogP contribution < -0.4 is 0 Å². The Kier molecular flexibility index (Phi) is 6.98. The minimum Gasteiger partial charge on any atom is -0.481 e. The molecule has 0 bridgehead atoms. The van der Waals surface area contributed by atoms with Gasteiger partial charge in [-0.3, -0.25) is 4.79 Å². The second-order valence-electron chi connectivity index (χ2n) is 2.97. The minimum absolute atomic E-state index is 0.363. The maximum atomic E-state index is 10.7. The molecule has 0 spiro atoms. The van der Waals surface area contributed by atoms with E-state index < -0.39 is 5.97 Å². The van der Waals surface area contributed by atoms with Crippen LogP contribution in [0.4, 0.5) is 0 Å². The number of rotatable bonds is 6. The molecule has 0 aliphatic carbocycles. The van der Waals surface area contributed by atoms with Crippen LogP contribution in [-0.2, 0) is 4.79 Å². The van der Waals surface area contributed by atoms with Crippen molar-refractivity contribution >= 4 is 5.97 Å². The fraction of sp³-hybridized carbons (Fsp3) is 0.545. The lowest BCUT2D eigenvalue weighted by molar-refractivity contribution is -0.139. The zero-order valence-corrected chi connectivity index (χ0v) is 8.36. The summed E-state index contributed by atoms with van der Waals surface area (Å²) >= 11 is 0. The van der Waals surface area contributed by atoms with E-state index in [-0.39, 0.29) is 5.92 Å². The Hall–Kier alpha value is -1.05. The van der Waals surface area contributed by atoms with Gasteiger partial charge in [-0.1, -0.05) is 37.6 Å². The van der Waals surface area contributed by atoms with E-state index >= 15 is 0 Å². The van der Waals surface area contributed by atoms with Crippen LogP contribution in [-0.4, -0.2) is 11.1 Å². The van der Waals surface area contributed by atoms with E-state index in [0.717, 1.165) is 12.8 Å². The number of carboxylic acid groups (broad SMARTS) is 1. The molecule has 0 amide bonds. The van der Waals surface area contributed by atoms with Crippen LogP contribution in [0.5, 0.6) is 0 Å². The summed E-state index contributed by atoms with van der Waals surface area (Å²) in [5.74, 6) is -1.11. The van der Waals surface area contributed by atoms with Gasteiger partial charge < -0.3 is 5.11 Å². The summed E-state index contributed by atoms with van der Waals surface area (Å²) in [5.41, 5.74) is 0. The minimum atomic E-state index is -0.751. The van der Waals surface area contributed by atoms with Crippen molar-refractivity contribution in [3.05, 3.63) is 24.3 Å². The Morgan fingerprint density at radius 2 is 2.15 bits per heavy atom. The molecule has 0 aliphatic rings. The SMILES string of the molecule is C/C=C/[C@H](C/C=C\CCC)C(=O)O. The predicted molar refractivity (Wildman–Crippen MR) is 54.6 cm³/mol. The van der Waals surface area contributed by atoms with Crippen molar-refractivity contribution in [3.63, 3.8) is 0 Å². The Bertz CT molecular complexity index is 192. The van der Waals surface area contributed by atoms with Crippen LogP contribution in [0.1, 0.15) is 33.1 Å². The van der Waals surface area contributed by atoms with Crippen molar-refractivity contribution < 1.29 is 9.90 Å². The van der Waals surface area contributed by atoms with Gasteiger partial charge in [0.1, 0.15) is 0 Å². The topological polar surface area (TPSA) is 37.3 Å². The van der Waals surface area contributed by atoms with Gasteiger partial charge in [-0.05, 0) is 19.8 Å². The lowest BCUT2D eigenvalue weighted by atomic mass is 10.0. The summed E-state index contributed by atoms with van der Waals surface area (Å²) in [6.45, 7) is 3.94. The van der Waals surface area contributed by atoms with Crippen LogP contribution in [0.15, 0.2) is 24.3 Å². The summed E-state index contributed by atoms with van der Waals surface area (Å²) < 4.78 is 0. The lowest BCUT2D eigenvalue weighted by Crippen LogP contribution is -2.09. The highest BCUT2D eigenvalue weighted by molar-refractivity contribution is 5.72. The number of aliphatic carboxylic acids is 1. The molecule has 13 heavy (non-hydrogen) atoms. The Labute approximate surface area is 80.0 Å². The van der Waals surface area contributed by atoms with E-state index in [9.17, 15) is 4.79 Å². The van der Waals surface area contributed by atoms with Gasteiger partial charge in [0.2, 0.25) is 0 Å². The molecule has 0 unspecified atom stereocenters. The molecule has 1 atom stereocenters. The first-order valence-corrected chi connectivity index (χ1v) is 4.73. The first-order chi connectivity index (χ1) is 6.22. The summed E-state index contributed by atoms with van der Waals surface area (Å²) in [4.78, 5) is 10.7. The zero-order chi connectivity index (χ0) is 10.1. The number of unbranched alkanes of at least 4 members (excludes halogenated alkanes) is 1. The highest BCUT2D eigenvalue weighted by atomic mass is 16.4. The fourth-order valence-corrected chi connectivity index (χ4v) is 1.02. The maximum Gasteiger partial charge on any atom is 0.310 e. The molecule has 0 radical (unpaired) electrons. The van der Waals surface area contributed by atoms with E-state index in [4.69, 9.17) is 5.11 Å². The van der Waals surface area contributed by atoms with E-state index in [1.165, 1.54) is 0 Å². The fourth-order valence-electron chi connectivity index (χ4n) is 1.02. The molecule has 0 rings (SSSR count). The van der Waals surface area contributed by atoms with Crippen molar-refractivity contribution in [1.82, 2.24) is 0 Å². The van der Waals surface area contributed by atoms with Gasteiger partial charge in [-0.2, -0.15) is 0 Å². The van der Waals surface area contributed by atoms with Crippen LogP contribution in [0.25, 0.3) is 0 Å². The molecule has 0 saturated heterocycles. The van der Waals surface area contributed by atoms with Crippen molar-refractivity contribution in [2.24, 2.45) is 5.92 Å². The van der Waals surface area contributed by atoms with Crippen LogP contribution in [0, 0.1) is 5.92 Å². The smallest absolute Gasteiger partial charge is 0.310 e. The first-order valence-electron chi connectivity index (χ1n) is 4.73. The van der Waals surface area contributed by atoms with E-state index in [0.29, 0.717) is 6.42 Å². The zero-order valence-electron chi connectivity index (χ0n) is 8.36. The number of carboxylic acids is 1. The molecular formula is C11H18O2. The first kappa shape index (κ1) is 11.9. The van der Waals surface area contributed by atoms with Gasteiger partial charge in [0.05, 0.1) is 5.92 Å². The molecule has 0 aromatic rings. The average Bonchev–Trinajstić information content (AvgIpc) is 2.10. The molecule has 74 valence electrons. The highest BCUT2D eigenvalue weighted by Gasteiger charge is 2.10. The van der Waals surface area contributed by atoms with Crippen LogP contribution in [0.3, 0.4) is 0 Å². The van der Waals surface area contributed by atoms with Crippen molar-refractivity contribution in [3.8, 4) is 0 Å². The Balaban J connectivity index is 3.89. The average molecular weight is 182 g/mol. The quantitative estimate of drug-likeness (QED) is 0.641.